The van der Waals surface area contributed by atoms with Crippen LogP contribution in [0.5, 0.6) is 11.5 Å². The zero-order chi connectivity index (χ0) is 21.3. The number of ether oxygens (including phenoxy) is 1. The van der Waals surface area contributed by atoms with Crippen LogP contribution in [0.3, 0.4) is 0 Å². The molecule has 29 heavy (non-hydrogen) atoms. The van der Waals surface area contributed by atoms with Gasteiger partial charge in [-0.15, -0.1) is 0 Å². The van der Waals surface area contributed by atoms with Crippen LogP contribution in [0.25, 0.3) is 0 Å². The molecular weight excluding hydrogens is 375 g/mol. The van der Waals surface area contributed by atoms with E-state index in [1.165, 1.54) is 0 Å². The molecule has 0 aliphatic carbocycles. The molecule has 0 bridgehead atoms. The van der Waals surface area contributed by atoms with Crippen LogP contribution >= 0.6 is 0 Å². The van der Waals surface area contributed by atoms with Crippen LogP contribution in [-0.4, -0.2) is 17.7 Å². The fourth-order valence-electron chi connectivity index (χ4n) is 3.25. The van der Waals surface area contributed by atoms with Gasteiger partial charge in [0, 0.05) is 5.56 Å². The molecule has 152 valence electrons. The van der Waals surface area contributed by atoms with E-state index in [9.17, 15) is 15.0 Å². The molecule has 0 spiro atoms. The van der Waals surface area contributed by atoms with Gasteiger partial charge in [0.15, 0.2) is 0 Å². The Labute approximate surface area is 196 Å². The van der Waals surface area contributed by atoms with Gasteiger partial charge in [0.2, 0.25) is 0 Å². The van der Waals surface area contributed by atoms with Gasteiger partial charge in [0.05, 0.1) is 18.5 Å². The number of hydrogen-bond donors (Lipinski definition) is 1. The van der Waals surface area contributed by atoms with Crippen molar-refractivity contribution < 1.29 is 49.3 Å². The molecule has 1 N–H and O–H groups in total. The normalized spacial score (nSPS) is 12.8. The molecule has 2 aromatic rings. The molecule has 0 heterocycles. The van der Waals surface area contributed by atoms with Crippen molar-refractivity contribution in [2.75, 3.05) is 6.61 Å². The van der Waals surface area contributed by atoms with Crippen molar-refractivity contribution >= 4 is 5.97 Å². The predicted octanol–water partition coefficient (Wildman–Crippen LogP) is 1.27. The van der Waals surface area contributed by atoms with E-state index in [2.05, 4.69) is 20.8 Å². The van der Waals surface area contributed by atoms with Crippen LogP contribution in [0.2, 0.25) is 0 Å². The van der Waals surface area contributed by atoms with Crippen LogP contribution < -0.4 is 39.4 Å². The van der Waals surface area contributed by atoms with Gasteiger partial charge in [-0.1, -0.05) is 65.8 Å². The van der Waals surface area contributed by atoms with Crippen molar-refractivity contribution in [2.24, 2.45) is 0 Å². The number of benzene rings is 2. The Morgan fingerprint density at radius 1 is 1.03 bits per heavy atom. The SMILES string of the molecule is CCOc1ccc(C(C(=O)[O-])c2cc(C(C)(C)C)cc(C(C)(C)C)c2O)cc1.[Na+]. The Hall–Kier alpha value is -1.49. The van der Waals surface area contributed by atoms with Crippen molar-refractivity contribution in [2.45, 2.75) is 65.2 Å². The van der Waals surface area contributed by atoms with Crippen LogP contribution in [0.4, 0.5) is 0 Å². The number of aromatic hydroxyl groups is 1. The molecule has 4 nitrogen and oxygen atoms in total. The van der Waals surface area contributed by atoms with E-state index in [1.807, 2.05) is 33.8 Å². The Morgan fingerprint density at radius 3 is 2.00 bits per heavy atom. The third-order valence-electron chi connectivity index (χ3n) is 4.88. The van der Waals surface area contributed by atoms with E-state index in [1.54, 1.807) is 30.3 Å². The first kappa shape index (κ1) is 25.5. The van der Waals surface area contributed by atoms with Gasteiger partial charge in [0.25, 0.3) is 0 Å². The molecule has 0 fully saturated rings. The van der Waals surface area contributed by atoms with Gasteiger partial charge in [-0.3, -0.25) is 0 Å². The van der Waals surface area contributed by atoms with Crippen molar-refractivity contribution in [3.63, 3.8) is 0 Å². The number of rotatable bonds is 5. The van der Waals surface area contributed by atoms with E-state index in [0.29, 0.717) is 23.5 Å². The van der Waals surface area contributed by atoms with E-state index in [4.69, 9.17) is 4.74 Å². The van der Waals surface area contributed by atoms with Crippen LogP contribution in [-0.2, 0) is 15.6 Å². The Morgan fingerprint density at radius 2 is 1.59 bits per heavy atom. The Bertz CT molecular complexity index is 843. The zero-order valence-corrected chi connectivity index (χ0v) is 20.9. The van der Waals surface area contributed by atoms with E-state index < -0.39 is 11.9 Å². The number of hydrogen-bond acceptors (Lipinski definition) is 4. The summed E-state index contributed by atoms with van der Waals surface area (Å²) in [5.74, 6) is -1.63. The molecule has 1 atom stereocenters. The Kier molecular flexibility index (Phi) is 8.41. The summed E-state index contributed by atoms with van der Waals surface area (Å²) >= 11 is 0. The first-order valence-electron chi connectivity index (χ1n) is 9.67. The average Bonchev–Trinajstić information content (AvgIpc) is 2.56. The number of carboxylic acids is 1. The number of phenols is 1. The van der Waals surface area contributed by atoms with Crippen molar-refractivity contribution in [1.82, 2.24) is 0 Å². The van der Waals surface area contributed by atoms with Gasteiger partial charge in [0.1, 0.15) is 11.5 Å². The molecule has 1 unspecified atom stereocenters. The minimum absolute atomic E-state index is 0. The molecule has 0 aliphatic rings. The number of carbonyl (C=O) groups excluding carboxylic acids is 1. The fraction of sp³-hybridized carbons (Fsp3) is 0.458. The van der Waals surface area contributed by atoms with Gasteiger partial charge in [-0.25, -0.2) is 0 Å². The second-order valence-electron chi connectivity index (χ2n) is 9.22. The molecule has 0 amide bonds. The standard InChI is InChI=1S/C24H32O4.Na/c1-8-28-17-11-9-15(10-12-17)20(22(26)27)18-13-16(23(2,3)4)14-19(21(18)25)24(5,6)7;/h9-14,20,25H,8H2,1-7H3,(H,26,27);/q;+1/p-1. The van der Waals surface area contributed by atoms with Crippen molar-refractivity contribution in [3.8, 4) is 11.5 Å². The van der Waals surface area contributed by atoms with E-state index in [0.717, 1.165) is 11.1 Å². The quantitative estimate of drug-likeness (QED) is 0.760. The van der Waals surface area contributed by atoms with E-state index in [-0.39, 0.29) is 46.1 Å². The van der Waals surface area contributed by atoms with Gasteiger partial charge < -0.3 is 19.7 Å². The predicted molar refractivity (Wildman–Crippen MR) is 110 cm³/mol. The fourth-order valence-corrected chi connectivity index (χ4v) is 3.25. The monoisotopic (exact) mass is 406 g/mol. The number of carbonyl (C=O) groups is 1. The maximum atomic E-state index is 12.1. The van der Waals surface area contributed by atoms with E-state index >= 15 is 0 Å². The molecule has 0 aromatic heterocycles. The maximum absolute atomic E-state index is 12.1. The Balaban J connectivity index is 0.00000420. The summed E-state index contributed by atoms with van der Waals surface area (Å²) in [4.78, 5) is 12.1. The topological polar surface area (TPSA) is 69.6 Å². The molecule has 0 saturated carbocycles. The average molecular weight is 406 g/mol. The number of phenolic OH excluding ortho intramolecular Hbond substituents is 1. The summed E-state index contributed by atoms with van der Waals surface area (Å²) < 4.78 is 5.45. The summed E-state index contributed by atoms with van der Waals surface area (Å²) in [5.41, 5.74) is 2.08. The molecule has 0 saturated heterocycles. The van der Waals surface area contributed by atoms with Gasteiger partial charge in [-0.05, 0) is 46.6 Å². The molecular formula is C24H31NaO4. The minimum atomic E-state index is -1.25. The van der Waals surface area contributed by atoms with Crippen LogP contribution in [0.15, 0.2) is 36.4 Å². The number of carboxylic acid groups (broad SMARTS) is 1. The maximum Gasteiger partial charge on any atom is 1.00 e. The second-order valence-corrected chi connectivity index (χ2v) is 9.22. The summed E-state index contributed by atoms with van der Waals surface area (Å²) in [5, 5.41) is 23.1. The molecule has 0 aliphatic heterocycles. The van der Waals surface area contributed by atoms with Gasteiger partial charge in [-0.2, -0.15) is 0 Å². The second kappa shape index (κ2) is 9.55. The van der Waals surface area contributed by atoms with Crippen molar-refractivity contribution in [3.05, 3.63) is 58.7 Å². The molecule has 2 aromatic carbocycles. The zero-order valence-electron chi connectivity index (χ0n) is 18.9. The molecule has 0 radical (unpaired) electrons. The first-order valence-corrected chi connectivity index (χ1v) is 9.67. The van der Waals surface area contributed by atoms with Gasteiger partial charge >= 0.3 is 29.6 Å². The first-order chi connectivity index (χ1) is 12.9. The van der Waals surface area contributed by atoms with Crippen LogP contribution in [0, 0.1) is 0 Å². The third-order valence-corrected chi connectivity index (χ3v) is 4.88. The van der Waals surface area contributed by atoms with Crippen molar-refractivity contribution in [1.29, 1.82) is 0 Å². The molecule has 2 rings (SSSR count). The summed E-state index contributed by atoms with van der Waals surface area (Å²) in [6.45, 7) is 14.6. The largest absolute Gasteiger partial charge is 1.00 e. The summed E-state index contributed by atoms with van der Waals surface area (Å²) in [7, 11) is 0. The smallest absolute Gasteiger partial charge is 0.549 e. The third kappa shape index (κ3) is 6.00. The molecule has 5 heteroatoms. The summed E-state index contributed by atoms with van der Waals surface area (Å²) in [6, 6.07) is 10.7. The summed E-state index contributed by atoms with van der Waals surface area (Å²) in [6.07, 6.45) is 0. The minimum Gasteiger partial charge on any atom is -0.549 e. The van der Waals surface area contributed by atoms with Crippen LogP contribution in [0.1, 0.15) is 76.6 Å². The number of aliphatic carboxylic acids is 1.